The summed E-state index contributed by atoms with van der Waals surface area (Å²) in [7, 11) is 3.70. The molecule has 3 aliphatic rings. The van der Waals surface area contributed by atoms with E-state index >= 15 is 9.59 Å². The highest BCUT2D eigenvalue weighted by atomic mass is 16.5. The summed E-state index contributed by atoms with van der Waals surface area (Å²) in [4.78, 5) is 51.9. The lowest BCUT2D eigenvalue weighted by Crippen LogP contribution is -2.43. The minimum atomic E-state index is -0.319. The average molecular weight is 856 g/mol. The minimum absolute atomic E-state index is 0.0398. The number of rotatable bonds is 8. The molecule has 0 saturated carbocycles. The molecular formula is C52H53N7O5. The number of benzene rings is 4. The quantitative estimate of drug-likeness (QED) is 0.166. The van der Waals surface area contributed by atoms with Crippen molar-refractivity contribution < 1.29 is 24.2 Å². The molecule has 12 nitrogen and oxygen atoms in total. The van der Waals surface area contributed by atoms with E-state index in [0.29, 0.717) is 78.9 Å². The van der Waals surface area contributed by atoms with Gasteiger partial charge in [-0.3, -0.25) is 19.3 Å². The second kappa shape index (κ2) is 17.2. The Morgan fingerprint density at radius 2 is 1.55 bits per heavy atom. The lowest BCUT2D eigenvalue weighted by molar-refractivity contribution is -0.131. The number of amides is 3. The number of anilines is 3. The van der Waals surface area contributed by atoms with Crippen LogP contribution in [-0.4, -0.2) is 80.7 Å². The largest absolute Gasteiger partial charge is 0.508 e. The summed E-state index contributed by atoms with van der Waals surface area (Å²) in [5.41, 5.74) is 11.7. The molecule has 0 radical (unpaired) electrons. The van der Waals surface area contributed by atoms with Gasteiger partial charge >= 0.3 is 0 Å². The number of ether oxygens (including phenoxy) is 1. The summed E-state index contributed by atoms with van der Waals surface area (Å²) in [5.74, 6) is -0.322. The zero-order valence-electron chi connectivity index (χ0n) is 37.1. The number of hydrogen-bond donors (Lipinski definition) is 1. The predicted octanol–water partition coefficient (Wildman–Crippen LogP) is 7.75. The molecule has 64 heavy (non-hydrogen) atoms. The maximum atomic E-state index is 15.2. The molecule has 12 heteroatoms. The number of phenols is 1. The van der Waals surface area contributed by atoms with Crippen LogP contribution in [0.2, 0.25) is 0 Å². The van der Waals surface area contributed by atoms with Crippen molar-refractivity contribution in [2.24, 2.45) is 14.1 Å². The van der Waals surface area contributed by atoms with Crippen LogP contribution in [0.3, 0.4) is 0 Å². The highest BCUT2D eigenvalue weighted by Crippen LogP contribution is 2.38. The standard InChI is InChI=1S/C52H53N7O5/c1-33-23-37-10-6-7-11-39(37)32-58(33)51(62)47-27-40-31-57(50(61)25-36-9-8-12-42(24-36)56-19-21-64-22-20-56)18-17-38(40)26-46(47)49-29-45(34(2)55(49)5)52(63)59(41-13-15-44(60)16-14-41)48-28-43(30-53)54(4)35(48)3/h6-16,24,26-29,33,60H,17-23,25,31-32H2,1-5H3/t33-/m1/s1. The molecule has 1 fully saturated rings. The van der Waals surface area contributed by atoms with Crippen molar-refractivity contribution in [3.63, 3.8) is 0 Å². The second-order valence-corrected chi connectivity index (χ2v) is 17.3. The third-order valence-electron chi connectivity index (χ3n) is 13.6. The Bertz CT molecular complexity index is 2840. The van der Waals surface area contributed by atoms with Crippen molar-refractivity contribution in [3.05, 3.63) is 153 Å². The van der Waals surface area contributed by atoms with Crippen molar-refractivity contribution in [2.75, 3.05) is 42.6 Å². The molecule has 1 atom stereocenters. The molecule has 0 aliphatic carbocycles. The van der Waals surface area contributed by atoms with E-state index in [1.54, 1.807) is 34.7 Å². The fourth-order valence-electron chi connectivity index (χ4n) is 9.57. The molecule has 5 heterocycles. The van der Waals surface area contributed by atoms with E-state index in [0.717, 1.165) is 58.7 Å². The van der Waals surface area contributed by atoms with Crippen LogP contribution in [0.25, 0.3) is 11.3 Å². The number of carbonyl (C=O) groups excluding carboxylic acids is 3. The van der Waals surface area contributed by atoms with Crippen LogP contribution in [0.1, 0.15) is 72.5 Å². The van der Waals surface area contributed by atoms with E-state index in [9.17, 15) is 15.2 Å². The molecule has 0 unspecified atom stereocenters. The van der Waals surface area contributed by atoms with Crippen LogP contribution in [0, 0.1) is 25.2 Å². The van der Waals surface area contributed by atoms with E-state index in [2.05, 4.69) is 48.2 Å². The van der Waals surface area contributed by atoms with Gasteiger partial charge in [-0.1, -0.05) is 36.4 Å². The average Bonchev–Trinajstić information content (AvgIpc) is 3.77. The van der Waals surface area contributed by atoms with E-state index in [-0.39, 0.29) is 35.9 Å². The highest BCUT2D eigenvalue weighted by molar-refractivity contribution is 6.13. The molecule has 3 amide bonds. The summed E-state index contributed by atoms with van der Waals surface area (Å²) in [6.07, 6.45) is 1.63. The molecule has 1 saturated heterocycles. The Hall–Kier alpha value is -7.10. The Morgan fingerprint density at radius 3 is 2.28 bits per heavy atom. The van der Waals surface area contributed by atoms with E-state index in [4.69, 9.17) is 4.74 Å². The highest BCUT2D eigenvalue weighted by Gasteiger charge is 2.33. The summed E-state index contributed by atoms with van der Waals surface area (Å²) < 4.78 is 9.27. The topological polar surface area (TPSA) is 127 Å². The number of nitrogens with zero attached hydrogens (tertiary/aromatic N) is 7. The number of hydrogen-bond acceptors (Lipinski definition) is 7. The lowest BCUT2D eigenvalue weighted by atomic mass is 9.89. The molecule has 9 rings (SSSR count). The number of morpholine rings is 1. The number of carbonyl (C=O) groups is 3. The lowest BCUT2D eigenvalue weighted by Gasteiger charge is -2.36. The second-order valence-electron chi connectivity index (χ2n) is 17.3. The van der Waals surface area contributed by atoms with Crippen LogP contribution < -0.4 is 9.80 Å². The van der Waals surface area contributed by atoms with Crippen LogP contribution in [0.15, 0.2) is 97.1 Å². The molecule has 0 bridgehead atoms. The van der Waals surface area contributed by atoms with Gasteiger partial charge in [-0.2, -0.15) is 5.26 Å². The number of fused-ring (bicyclic) bond motifs is 2. The SMILES string of the molecule is Cc1c(N(C(=O)c2cc(-c3cc4c(cc3C(=O)N3Cc5ccccc5C[C@H]3C)CN(C(=O)Cc3cccc(N5CCOCC5)c3)CC4)n(C)c2C)c2ccc(O)cc2)cc(C#N)n1C. The van der Waals surface area contributed by atoms with E-state index in [1.807, 2.05) is 71.7 Å². The smallest absolute Gasteiger partial charge is 0.264 e. The first-order valence-electron chi connectivity index (χ1n) is 22.0. The zero-order chi connectivity index (χ0) is 44.8. The molecule has 6 aromatic rings. The van der Waals surface area contributed by atoms with E-state index < -0.39 is 0 Å². The first kappa shape index (κ1) is 42.2. The van der Waals surface area contributed by atoms with Gasteiger partial charge in [0.15, 0.2) is 0 Å². The van der Waals surface area contributed by atoms with Crippen LogP contribution in [-0.2, 0) is 56.0 Å². The van der Waals surface area contributed by atoms with Crippen LogP contribution in [0.4, 0.5) is 17.1 Å². The number of nitriles is 1. The summed E-state index contributed by atoms with van der Waals surface area (Å²) >= 11 is 0. The van der Waals surface area contributed by atoms with Gasteiger partial charge in [0.05, 0.1) is 30.9 Å². The maximum Gasteiger partial charge on any atom is 0.264 e. The van der Waals surface area contributed by atoms with Gasteiger partial charge in [0.2, 0.25) is 5.91 Å². The summed E-state index contributed by atoms with van der Waals surface area (Å²) in [5, 5.41) is 20.1. The molecular weight excluding hydrogens is 803 g/mol. The summed E-state index contributed by atoms with van der Waals surface area (Å²) in [6, 6.07) is 32.7. The van der Waals surface area contributed by atoms with Gasteiger partial charge in [0.25, 0.3) is 11.8 Å². The fourth-order valence-corrected chi connectivity index (χ4v) is 9.57. The first-order chi connectivity index (χ1) is 30.9. The predicted molar refractivity (Wildman–Crippen MR) is 247 cm³/mol. The van der Waals surface area contributed by atoms with Gasteiger partial charge in [0.1, 0.15) is 17.5 Å². The van der Waals surface area contributed by atoms with Crippen molar-refractivity contribution >= 4 is 34.8 Å². The van der Waals surface area contributed by atoms with Gasteiger partial charge in [-0.15, -0.1) is 0 Å². The van der Waals surface area contributed by atoms with Crippen LogP contribution >= 0.6 is 0 Å². The van der Waals surface area contributed by atoms with Gasteiger partial charge < -0.3 is 33.7 Å². The molecule has 2 aromatic heterocycles. The molecule has 4 aromatic carbocycles. The normalized spacial score (nSPS) is 15.9. The van der Waals surface area contributed by atoms with Crippen molar-refractivity contribution in [3.8, 4) is 23.1 Å². The number of phenolic OH excluding ortho intramolecular Hbond substituents is 1. The first-order valence-corrected chi connectivity index (χ1v) is 22.0. The van der Waals surface area contributed by atoms with Crippen LogP contribution in [0.5, 0.6) is 5.75 Å². The Kier molecular flexibility index (Phi) is 11.4. The number of aromatic hydroxyl groups is 1. The summed E-state index contributed by atoms with van der Waals surface area (Å²) in [6.45, 7) is 10.3. The van der Waals surface area contributed by atoms with Gasteiger partial charge in [-0.25, -0.2) is 0 Å². The zero-order valence-corrected chi connectivity index (χ0v) is 37.1. The van der Waals surface area contributed by atoms with Crippen molar-refractivity contribution in [2.45, 2.75) is 59.2 Å². The van der Waals surface area contributed by atoms with Crippen molar-refractivity contribution in [1.29, 1.82) is 5.26 Å². The Morgan fingerprint density at radius 1 is 0.797 bits per heavy atom. The monoisotopic (exact) mass is 855 g/mol. The maximum absolute atomic E-state index is 15.2. The molecule has 0 spiro atoms. The third-order valence-corrected chi connectivity index (χ3v) is 13.6. The molecule has 326 valence electrons. The third kappa shape index (κ3) is 7.81. The van der Waals surface area contributed by atoms with E-state index in [1.165, 1.54) is 17.7 Å². The molecule has 3 aliphatic heterocycles. The molecule has 1 N–H and O–H groups in total. The number of aromatic nitrogens is 2. The minimum Gasteiger partial charge on any atom is -0.508 e. The Balaban J connectivity index is 1.09. The fraction of sp³-hybridized carbons (Fsp3) is 0.308. The van der Waals surface area contributed by atoms with Gasteiger partial charge in [0, 0.05) is 92.4 Å². The van der Waals surface area contributed by atoms with Gasteiger partial charge in [-0.05, 0) is 122 Å². The Labute approximate surface area is 374 Å². The van der Waals surface area contributed by atoms with Crippen molar-refractivity contribution in [1.82, 2.24) is 18.9 Å².